The van der Waals surface area contributed by atoms with Crippen LogP contribution in [-0.2, 0) is 12.6 Å². The predicted molar refractivity (Wildman–Crippen MR) is 105 cm³/mol. The minimum Gasteiger partial charge on any atom is -0.396 e. The molecule has 160 valence electrons. The van der Waals surface area contributed by atoms with Crippen molar-refractivity contribution in [2.45, 2.75) is 19.0 Å². The number of carbonyl (C=O) groups is 1. The molecule has 2 heterocycles. The fourth-order valence-corrected chi connectivity index (χ4v) is 3.38. The summed E-state index contributed by atoms with van der Waals surface area (Å²) >= 11 is 6.27. The highest BCUT2D eigenvalue weighted by Crippen LogP contribution is 2.32. The van der Waals surface area contributed by atoms with E-state index in [9.17, 15) is 22.4 Å². The molecule has 2 N–H and O–H groups in total. The van der Waals surface area contributed by atoms with Crippen LogP contribution < -0.4 is 5.32 Å². The van der Waals surface area contributed by atoms with E-state index in [0.717, 1.165) is 17.2 Å². The fraction of sp³-hybridized carbons (Fsp3) is 0.300. The van der Waals surface area contributed by atoms with Gasteiger partial charge in [0.15, 0.2) is 0 Å². The first-order valence-corrected chi connectivity index (χ1v) is 9.44. The van der Waals surface area contributed by atoms with E-state index in [0.29, 0.717) is 42.2 Å². The monoisotopic (exact) mass is 443 g/mol. The number of urea groups is 1. The van der Waals surface area contributed by atoms with Gasteiger partial charge >= 0.3 is 12.2 Å². The number of pyridine rings is 1. The largest absolute Gasteiger partial charge is 0.419 e. The number of halogens is 5. The van der Waals surface area contributed by atoms with Crippen molar-refractivity contribution in [3.63, 3.8) is 0 Å². The number of amides is 2. The van der Waals surface area contributed by atoms with Gasteiger partial charge in [0.25, 0.3) is 0 Å². The second-order valence-corrected chi connectivity index (χ2v) is 7.10. The molecular formula is C20H18ClF4N3O2. The van der Waals surface area contributed by atoms with Gasteiger partial charge in [-0.25, -0.2) is 9.18 Å². The number of anilines is 1. The predicted octanol–water partition coefficient (Wildman–Crippen LogP) is 4.75. The molecule has 3 rings (SSSR count). The molecule has 30 heavy (non-hydrogen) atoms. The van der Waals surface area contributed by atoms with Crippen molar-refractivity contribution in [1.29, 1.82) is 0 Å². The van der Waals surface area contributed by atoms with Gasteiger partial charge in [0, 0.05) is 31.6 Å². The number of hydrogen-bond donors (Lipinski definition) is 2. The van der Waals surface area contributed by atoms with E-state index in [1.54, 1.807) is 18.3 Å². The Morgan fingerprint density at radius 3 is 2.63 bits per heavy atom. The number of aliphatic hydroxyl groups is 1. The van der Waals surface area contributed by atoms with Crippen LogP contribution in [0, 0.1) is 5.82 Å². The summed E-state index contributed by atoms with van der Waals surface area (Å²) in [5, 5.41) is 11.8. The number of nitrogens with one attached hydrogen (secondary N) is 1. The highest BCUT2D eigenvalue weighted by atomic mass is 35.5. The van der Waals surface area contributed by atoms with Gasteiger partial charge in [-0.2, -0.15) is 13.2 Å². The van der Waals surface area contributed by atoms with Gasteiger partial charge in [-0.05, 0) is 48.2 Å². The van der Waals surface area contributed by atoms with Crippen LogP contribution in [0.4, 0.5) is 28.0 Å². The van der Waals surface area contributed by atoms with Crippen LogP contribution in [0.3, 0.4) is 0 Å². The van der Waals surface area contributed by atoms with E-state index in [-0.39, 0.29) is 18.8 Å². The van der Waals surface area contributed by atoms with Crippen LogP contribution in [0.5, 0.6) is 0 Å². The standard InChI is InChI=1S/C20H18ClF4N3O2/c21-16-9-12(5-8-29)11-26-18(16)13-3-6-28(7-4-13)19(30)27-14-1-2-15(17(22)10-14)20(23,24)25/h1-3,9-11,29H,4-8H2,(H,27,30). The lowest BCUT2D eigenvalue weighted by Gasteiger charge is -2.27. The number of hydrogen-bond acceptors (Lipinski definition) is 3. The second-order valence-electron chi connectivity index (χ2n) is 6.70. The molecule has 0 unspecified atom stereocenters. The Kier molecular flexibility index (Phi) is 6.62. The molecule has 0 bridgehead atoms. The van der Waals surface area contributed by atoms with Crippen LogP contribution in [0.25, 0.3) is 5.57 Å². The van der Waals surface area contributed by atoms with E-state index in [1.807, 2.05) is 0 Å². The van der Waals surface area contributed by atoms with Gasteiger partial charge < -0.3 is 15.3 Å². The molecule has 0 saturated heterocycles. The van der Waals surface area contributed by atoms with Crippen molar-refractivity contribution in [1.82, 2.24) is 9.88 Å². The zero-order valence-electron chi connectivity index (χ0n) is 15.6. The Hall–Kier alpha value is -2.65. The molecule has 1 aliphatic heterocycles. The average molecular weight is 444 g/mol. The van der Waals surface area contributed by atoms with Crippen molar-refractivity contribution in [3.8, 4) is 0 Å². The third-order valence-electron chi connectivity index (χ3n) is 4.62. The SMILES string of the molecule is O=C(Nc1ccc(C(F)(F)F)c(F)c1)N1CC=C(c2ncc(CCO)cc2Cl)CC1. The lowest BCUT2D eigenvalue weighted by Crippen LogP contribution is -2.38. The molecule has 0 atom stereocenters. The van der Waals surface area contributed by atoms with Crippen molar-refractivity contribution < 1.29 is 27.5 Å². The molecule has 1 aromatic carbocycles. The number of aromatic nitrogens is 1. The van der Waals surface area contributed by atoms with Crippen LogP contribution in [0.15, 0.2) is 36.5 Å². The van der Waals surface area contributed by atoms with Gasteiger partial charge in [0.05, 0.1) is 16.3 Å². The van der Waals surface area contributed by atoms with Gasteiger partial charge in [-0.1, -0.05) is 17.7 Å². The summed E-state index contributed by atoms with van der Waals surface area (Å²) in [6.07, 6.45) is -0.454. The minimum absolute atomic E-state index is 0.00699. The average Bonchev–Trinajstić information content (AvgIpc) is 2.67. The molecule has 2 amide bonds. The highest BCUT2D eigenvalue weighted by molar-refractivity contribution is 6.32. The summed E-state index contributed by atoms with van der Waals surface area (Å²) in [5.74, 6) is -1.45. The van der Waals surface area contributed by atoms with Crippen molar-refractivity contribution >= 4 is 28.9 Å². The van der Waals surface area contributed by atoms with E-state index in [2.05, 4.69) is 10.3 Å². The Labute approximate surface area is 175 Å². The van der Waals surface area contributed by atoms with Crippen LogP contribution in [-0.4, -0.2) is 40.7 Å². The summed E-state index contributed by atoms with van der Waals surface area (Å²) in [7, 11) is 0. The smallest absolute Gasteiger partial charge is 0.396 e. The van der Waals surface area contributed by atoms with Crippen LogP contribution in [0.2, 0.25) is 5.02 Å². The molecule has 5 nitrogen and oxygen atoms in total. The molecule has 0 spiro atoms. The number of carbonyl (C=O) groups excluding carboxylic acids is 1. The normalized spacial score (nSPS) is 14.5. The first-order chi connectivity index (χ1) is 14.2. The quantitative estimate of drug-likeness (QED) is 0.670. The maximum atomic E-state index is 13.7. The summed E-state index contributed by atoms with van der Waals surface area (Å²) in [4.78, 5) is 18.1. The molecule has 10 heteroatoms. The summed E-state index contributed by atoms with van der Waals surface area (Å²) < 4.78 is 51.6. The fourth-order valence-electron chi connectivity index (χ4n) is 3.07. The zero-order valence-corrected chi connectivity index (χ0v) is 16.4. The lowest BCUT2D eigenvalue weighted by molar-refractivity contribution is -0.139. The molecule has 0 fully saturated rings. The Bertz CT molecular complexity index is 979. The Morgan fingerprint density at radius 1 is 1.30 bits per heavy atom. The van der Waals surface area contributed by atoms with Crippen LogP contribution >= 0.6 is 11.6 Å². The highest BCUT2D eigenvalue weighted by Gasteiger charge is 2.34. The number of alkyl halides is 3. The second kappa shape index (κ2) is 9.01. The van der Waals surface area contributed by atoms with Crippen LogP contribution in [0.1, 0.15) is 23.2 Å². The van der Waals surface area contributed by atoms with Gasteiger partial charge in [0.1, 0.15) is 5.82 Å². The maximum absolute atomic E-state index is 13.7. The van der Waals surface area contributed by atoms with Crippen molar-refractivity contribution in [3.05, 3.63) is 64.2 Å². The van der Waals surface area contributed by atoms with Gasteiger partial charge in [-0.3, -0.25) is 4.98 Å². The first-order valence-electron chi connectivity index (χ1n) is 9.06. The number of aliphatic hydroxyl groups excluding tert-OH is 1. The van der Waals surface area contributed by atoms with Gasteiger partial charge in [0.2, 0.25) is 0 Å². The molecule has 2 aromatic rings. The van der Waals surface area contributed by atoms with E-state index < -0.39 is 23.6 Å². The maximum Gasteiger partial charge on any atom is 0.419 e. The topological polar surface area (TPSA) is 65.5 Å². The number of nitrogens with zero attached hydrogens (tertiary/aromatic N) is 2. The zero-order chi connectivity index (χ0) is 21.9. The Morgan fingerprint density at radius 2 is 2.07 bits per heavy atom. The van der Waals surface area contributed by atoms with Gasteiger partial charge in [-0.15, -0.1) is 0 Å². The molecule has 1 aliphatic rings. The van der Waals surface area contributed by atoms with E-state index in [4.69, 9.17) is 16.7 Å². The lowest BCUT2D eigenvalue weighted by atomic mass is 10.0. The number of rotatable bonds is 4. The molecule has 1 aromatic heterocycles. The summed E-state index contributed by atoms with van der Waals surface area (Å²) in [5.41, 5.74) is 0.820. The Balaban J connectivity index is 1.65. The molecule has 0 aliphatic carbocycles. The summed E-state index contributed by atoms with van der Waals surface area (Å²) in [6.45, 7) is 0.560. The third-order valence-corrected chi connectivity index (χ3v) is 4.91. The van der Waals surface area contributed by atoms with E-state index in [1.165, 1.54) is 4.90 Å². The molecule has 0 radical (unpaired) electrons. The molecule has 0 saturated carbocycles. The third kappa shape index (κ3) is 5.09. The minimum atomic E-state index is -4.80. The van der Waals surface area contributed by atoms with Crippen molar-refractivity contribution in [2.75, 3.05) is 25.0 Å². The molecular weight excluding hydrogens is 426 g/mol. The summed E-state index contributed by atoms with van der Waals surface area (Å²) in [6, 6.07) is 3.42. The number of benzene rings is 1. The van der Waals surface area contributed by atoms with Crippen molar-refractivity contribution in [2.24, 2.45) is 0 Å². The first kappa shape index (κ1) is 22.0. The van der Waals surface area contributed by atoms with E-state index >= 15 is 0 Å².